The molecular weight excluding hydrogens is 340 g/mol. The molecule has 1 N–H and O–H groups in total. The van der Waals surface area contributed by atoms with Crippen LogP contribution in [0.5, 0.6) is 0 Å². The van der Waals surface area contributed by atoms with Gasteiger partial charge in [0, 0.05) is 31.3 Å². The lowest BCUT2D eigenvalue weighted by atomic mass is 10.1. The number of oxazole rings is 1. The van der Waals surface area contributed by atoms with E-state index in [9.17, 15) is 14.4 Å². The Bertz CT molecular complexity index is 951. The van der Waals surface area contributed by atoms with E-state index in [-0.39, 0.29) is 18.4 Å². The molecule has 4 heterocycles. The Morgan fingerprint density at radius 1 is 1.42 bits per heavy atom. The van der Waals surface area contributed by atoms with E-state index in [1.807, 2.05) is 0 Å². The number of nitrogens with one attached hydrogen (secondary N) is 1. The first kappa shape index (κ1) is 16.8. The first-order valence-corrected chi connectivity index (χ1v) is 8.65. The third-order valence-electron chi connectivity index (χ3n) is 4.87. The fraction of sp³-hybridized carbons (Fsp3) is 0.529. The van der Waals surface area contributed by atoms with Crippen LogP contribution in [0.15, 0.2) is 20.2 Å². The molecule has 1 amide bonds. The monoisotopic (exact) mass is 360 g/mol. The van der Waals surface area contributed by atoms with Crippen molar-refractivity contribution in [2.75, 3.05) is 19.8 Å². The zero-order chi connectivity index (χ0) is 18.3. The fourth-order valence-electron chi connectivity index (χ4n) is 3.32. The number of aromatic amines is 1. The molecule has 2 aliphatic heterocycles. The van der Waals surface area contributed by atoms with Crippen molar-refractivity contribution >= 4 is 5.91 Å². The molecule has 2 aromatic rings. The average molecular weight is 360 g/mol. The van der Waals surface area contributed by atoms with E-state index in [1.54, 1.807) is 11.8 Å². The van der Waals surface area contributed by atoms with Gasteiger partial charge in [0.25, 0.3) is 5.56 Å². The summed E-state index contributed by atoms with van der Waals surface area (Å²) in [6.07, 6.45) is 2.90. The molecule has 2 aromatic heterocycles. The summed E-state index contributed by atoms with van der Waals surface area (Å²) in [6, 6.07) is 0. The van der Waals surface area contributed by atoms with Gasteiger partial charge in [-0.1, -0.05) is 0 Å². The van der Waals surface area contributed by atoms with Crippen LogP contribution in [0.1, 0.15) is 35.2 Å². The molecule has 0 aromatic carbocycles. The van der Waals surface area contributed by atoms with Gasteiger partial charge in [-0.2, -0.15) is 0 Å². The topological polar surface area (TPSA) is 110 Å². The normalized spacial score (nSPS) is 19.6. The van der Waals surface area contributed by atoms with Crippen LogP contribution in [0.25, 0.3) is 0 Å². The fourth-order valence-corrected chi connectivity index (χ4v) is 3.32. The van der Waals surface area contributed by atoms with Crippen molar-refractivity contribution in [3.63, 3.8) is 0 Å². The Balaban J connectivity index is 1.48. The van der Waals surface area contributed by atoms with Crippen molar-refractivity contribution in [1.29, 1.82) is 0 Å². The number of carbonyl (C=O) groups excluding carboxylic acids is 1. The number of carbonyl (C=O) groups is 1. The van der Waals surface area contributed by atoms with E-state index in [2.05, 4.69) is 9.97 Å². The molecule has 9 nitrogen and oxygen atoms in total. The molecule has 0 radical (unpaired) electrons. The second-order valence-electron chi connectivity index (χ2n) is 6.75. The number of hydrogen-bond acceptors (Lipinski definition) is 6. The summed E-state index contributed by atoms with van der Waals surface area (Å²) in [7, 11) is 0. The van der Waals surface area contributed by atoms with Gasteiger partial charge in [0.2, 0.25) is 5.91 Å². The number of H-pyrrole nitrogens is 1. The van der Waals surface area contributed by atoms with E-state index in [0.717, 1.165) is 24.5 Å². The summed E-state index contributed by atoms with van der Waals surface area (Å²) in [5, 5.41) is 0. The number of hydrogen-bond donors (Lipinski definition) is 1. The van der Waals surface area contributed by atoms with Gasteiger partial charge in [0.05, 0.1) is 19.1 Å². The third-order valence-corrected chi connectivity index (χ3v) is 4.87. The quantitative estimate of drug-likeness (QED) is 0.820. The molecule has 0 spiro atoms. The summed E-state index contributed by atoms with van der Waals surface area (Å²) in [5.41, 5.74) is 0.138. The third kappa shape index (κ3) is 3.10. The Kier molecular flexibility index (Phi) is 4.23. The van der Waals surface area contributed by atoms with Gasteiger partial charge in [-0.15, -0.1) is 0 Å². The predicted molar refractivity (Wildman–Crippen MR) is 89.9 cm³/mol. The van der Waals surface area contributed by atoms with Gasteiger partial charge in [0.15, 0.2) is 5.89 Å². The lowest BCUT2D eigenvalue weighted by Gasteiger charge is -2.25. The first-order chi connectivity index (χ1) is 12.5. The number of amides is 1. The summed E-state index contributed by atoms with van der Waals surface area (Å²) in [6.45, 7) is 3.69. The second-order valence-corrected chi connectivity index (χ2v) is 6.75. The van der Waals surface area contributed by atoms with Crippen molar-refractivity contribution in [3.8, 4) is 0 Å². The molecule has 138 valence electrons. The van der Waals surface area contributed by atoms with Crippen LogP contribution in [-0.2, 0) is 29.0 Å². The second kappa shape index (κ2) is 6.56. The van der Waals surface area contributed by atoms with Gasteiger partial charge in [0.1, 0.15) is 18.0 Å². The highest BCUT2D eigenvalue weighted by atomic mass is 16.5. The van der Waals surface area contributed by atoms with Crippen LogP contribution < -0.4 is 11.2 Å². The molecule has 0 bridgehead atoms. The molecule has 2 aliphatic rings. The molecule has 0 saturated carbocycles. The Morgan fingerprint density at radius 2 is 2.27 bits per heavy atom. The highest BCUT2D eigenvalue weighted by molar-refractivity contribution is 5.76. The van der Waals surface area contributed by atoms with Gasteiger partial charge < -0.3 is 14.1 Å². The number of fused-ring (bicyclic) bond motifs is 1. The van der Waals surface area contributed by atoms with Crippen LogP contribution in [-0.4, -0.2) is 45.1 Å². The minimum Gasteiger partial charge on any atom is -0.445 e. The smallest absolute Gasteiger partial charge is 0.328 e. The minimum atomic E-state index is -0.586. The van der Waals surface area contributed by atoms with Crippen LogP contribution in [0.2, 0.25) is 0 Å². The SMILES string of the molecule is Cc1cn(CC(=O)N2CCc3oc(C4CCOC4)nc3C2)c(=O)[nH]c1=O. The van der Waals surface area contributed by atoms with E-state index < -0.39 is 11.2 Å². The zero-order valence-electron chi connectivity index (χ0n) is 14.5. The molecule has 1 unspecified atom stereocenters. The van der Waals surface area contributed by atoms with Crippen LogP contribution >= 0.6 is 0 Å². The summed E-state index contributed by atoms with van der Waals surface area (Å²) < 4.78 is 12.5. The molecule has 4 rings (SSSR count). The highest BCUT2D eigenvalue weighted by Crippen LogP contribution is 2.28. The van der Waals surface area contributed by atoms with E-state index in [4.69, 9.17) is 9.15 Å². The molecular formula is C17H20N4O5. The van der Waals surface area contributed by atoms with Crippen LogP contribution in [0.3, 0.4) is 0 Å². The first-order valence-electron chi connectivity index (χ1n) is 8.65. The minimum absolute atomic E-state index is 0.118. The summed E-state index contributed by atoms with van der Waals surface area (Å²) >= 11 is 0. The molecule has 26 heavy (non-hydrogen) atoms. The average Bonchev–Trinajstić information content (AvgIpc) is 3.27. The Labute approximate surface area is 148 Å². The molecule has 1 fully saturated rings. The van der Waals surface area contributed by atoms with E-state index >= 15 is 0 Å². The van der Waals surface area contributed by atoms with Gasteiger partial charge in [-0.05, 0) is 13.3 Å². The summed E-state index contributed by atoms with van der Waals surface area (Å²) in [5.74, 6) is 1.51. The lowest BCUT2D eigenvalue weighted by molar-refractivity contribution is -0.133. The van der Waals surface area contributed by atoms with Gasteiger partial charge >= 0.3 is 5.69 Å². The van der Waals surface area contributed by atoms with Gasteiger partial charge in [-0.25, -0.2) is 9.78 Å². The Morgan fingerprint density at radius 3 is 3.04 bits per heavy atom. The number of ether oxygens (including phenoxy) is 1. The zero-order valence-corrected chi connectivity index (χ0v) is 14.5. The highest BCUT2D eigenvalue weighted by Gasteiger charge is 2.29. The largest absolute Gasteiger partial charge is 0.445 e. The number of aryl methyl sites for hydroxylation is 1. The van der Waals surface area contributed by atoms with Crippen molar-refractivity contribution in [2.24, 2.45) is 0 Å². The van der Waals surface area contributed by atoms with Crippen LogP contribution in [0.4, 0.5) is 0 Å². The molecule has 0 aliphatic carbocycles. The summed E-state index contributed by atoms with van der Waals surface area (Å²) in [4.78, 5) is 44.3. The molecule has 9 heteroatoms. The van der Waals surface area contributed by atoms with Crippen molar-refractivity contribution < 1.29 is 13.9 Å². The van der Waals surface area contributed by atoms with E-state index in [0.29, 0.717) is 37.6 Å². The maximum absolute atomic E-state index is 12.6. The predicted octanol–water partition coefficient (Wildman–Crippen LogP) is -0.0782. The number of rotatable bonds is 3. The molecule has 1 saturated heterocycles. The van der Waals surface area contributed by atoms with Crippen molar-refractivity contribution in [1.82, 2.24) is 19.4 Å². The standard InChI is InChI=1S/C17H20N4O5/c1-10-6-21(17(24)19-15(10)23)8-14(22)20-4-2-13-12(7-20)18-16(26-13)11-3-5-25-9-11/h6,11H,2-5,7-9H2,1H3,(H,19,23,24). The van der Waals surface area contributed by atoms with Crippen molar-refractivity contribution in [2.45, 2.75) is 38.8 Å². The molecule has 1 atom stereocenters. The Hall–Kier alpha value is -2.68. The van der Waals surface area contributed by atoms with Crippen molar-refractivity contribution in [3.05, 3.63) is 49.9 Å². The number of aromatic nitrogens is 3. The lowest BCUT2D eigenvalue weighted by Crippen LogP contribution is -2.41. The van der Waals surface area contributed by atoms with E-state index in [1.165, 1.54) is 10.8 Å². The maximum Gasteiger partial charge on any atom is 0.328 e. The maximum atomic E-state index is 12.6. The number of nitrogens with zero attached hydrogens (tertiary/aromatic N) is 3. The van der Waals surface area contributed by atoms with Crippen LogP contribution in [0, 0.1) is 6.92 Å². The van der Waals surface area contributed by atoms with Gasteiger partial charge in [-0.3, -0.25) is 19.1 Å².